The Morgan fingerprint density at radius 1 is 1.33 bits per heavy atom. The predicted molar refractivity (Wildman–Crippen MR) is 124 cm³/mol. The largest absolute Gasteiger partial charge is 0.446 e. The Morgan fingerprint density at radius 3 is 2.83 bits per heavy atom. The minimum atomic E-state index is -4.37. The molecule has 1 aliphatic rings. The lowest BCUT2D eigenvalue weighted by Gasteiger charge is -2.18. The number of aromatic nitrogens is 5. The van der Waals surface area contributed by atoms with Crippen LogP contribution < -0.4 is 10.6 Å². The fourth-order valence-corrected chi connectivity index (χ4v) is 4.93. The summed E-state index contributed by atoms with van der Waals surface area (Å²) in [7, 11) is -3.24. The molecular formula is C21H26F3N7O4S. The summed E-state index contributed by atoms with van der Waals surface area (Å²) in [5, 5.41) is 16.8. The number of sulfone groups is 1. The van der Waals surface area contributed by atoms with Gasteiger partial charge in [0.2, 0.25) is 0 Å². The summed E-state index contributed by atoms with van der Waals surface area (Å²) >= 11 is 0. The standard InChI is InChI=1S/C21H26F3N7O4S/c1-12(10-21(22,23)24)26-20(32)35-15-4-3-13(7-15)16-9-18(29-28-16)27-19-17-8-14(11-36(2,33)34)30-31(17)6-5-25-19/h5-6,8-9,12-13,15H,3-4,7,10-11H2,1-2H3,(H,26,32)(H2,25,27,28,29). The van der Waals surface area contributed by atoms with Gasteiger partial charge in [0.05, 0.1) is 17.9 Å². The first-order chi connectivity index (χ1) is 16.8. The van der Waals surface area contributed by atoms with E-state index in [1.165, 1.54) is 17.6 Å². The van der Waals surface area contributed by atoms with Gasteiger partial charge in [0.15, 0.2) is 21.5 Å². The number of anilines is 2. The van der Waals surface area contributed by atoms with Crippen molar-refractivity contribution in [3.8, 4) is 0 Å². The highest BCUT2D eigenvalue weighted by atomic mass is 32.2. The van der Waals surface area contributed by atoms with Crippen LogP contribution in [-0.2, 0) is 20.3 Å². The maximum atomic E-state index is 12.4. The minimum Gasteiger partial charge on any atom is -0.446 e. The van der Waals surface area contributed by atoms with Gasteiger partial charge in [-0.25, -0.2) is 22.7 Å². The molecule has 3 heterocycles. The Labute approximate surface area is 204 Å². The number of halogens is 3. The molecule has 0 spiro atoms. The molecule has 0 aliphatic heterocycles. The van der Waals surface area contributed by atoms with Gasteiger partial charge in [-0.1, -0.05) is 0 Å². The van der Waals surface area contributed by atoms with Crippen molar-refractivity contribution in [2.24, 2.45) is 0 Å². The number of amides is 1. The highest BCUT2D eigenvalue weighted by Gasteiger charge is 2.33. The summed E-state index contributed by atoms with van der Waals surface area (Å²) in [5.74, 6) is 0.767. The van der Waals surface area contributed by atoms with Crippen LogP contribution in [0.3, 0.4) is 0 Å². The van der Waals surface area contributed by atoms with E-state index in [-0.39, 0.29) is 11.7 Å². The molecule has 15 heteroatoms. The fourth-order valence-electron chi connectivity index (χ4n) is 4.25. The lowest BCUT2D eigenvalue weighted by Crippen LogP contribution is -2.37. The van der Waals surface area contributed by atoms with Crippen molar-refractivity contribution in [1.82, 2.24) is 30.1 Å². The summed E-state index contributed by atoms with van der Waals surface area (Å²) in [6.07, 6.45) is -0.692. The second kappa shape index (κ2) is 9.95. The van der Waals surface area contributed by atoms with Crippen LogP contribution in [0.25, 0.3) is 5.52 Å². The molecule has 3 atom stereocenters. The highest BCUT2D eigenvalue weighted by Crippen LogP contribution is 2.36. The number of alkyl carbamates (subject to hydrolysis) is 1. The van der Waals surface area contributed by atoms with Crippen molar-refractivity contribution >= 4 is 33.1 Å². The van der Waals surface area contributed by atoms with Crippen molar-refractivity contribution < 1.29 is 31.1 Å². The van der Waals surface area contributed by atoms with Gasteiger partial charge in [-0.05, 0) is 32.3 Å². The van der Waals surface area contributed by atoms with E-state index in [0.29, 0.717) is 42.1 Å². The van der Waals surface area contributed by atoms with Crippen molar-refractivity contribution in [3.63, 3.8) is 0 Å². The zero-order valence-corrected chi connectivity index (χ0v) is 20.4. The average molecular weight is 530 g/mol. The molecule has 1 aliphatic carbocycles. The van der Waals surface area contributed by atoms with E-state index in [1.807, 2.05) is 0 Å². The number of nitrogens with zero attached hydrogens (tertiary/aromatic N) is 4. The summed E-state index contributed by atoms with van der Waals surface area (Å²) in [5.41, 5.74) is 1.79. The van der Waals surface area contributed by atoms with E-state index in [4.69, 9.17) is 4.74 Å². The molecule has 3 aromatic heterocycles. The van der Waals surface area contributed by atoms with Crippen LogP contribution in [0.4, 0.5) is 29.6 Å². The van der Waals surface area contributed by atoms with Gasteiger partial charge < -0.3 is 15.4 Å². The van der Waals surface area contributed by atoms with Gasteiger partial charge in [0.25, 0.3) is 0 Å². The van der Waals surface area contributed by atoms with E-state index in [0.717, 1.165) is 11.9 Å². The molecular weight excluding hydrogens is 503 g/mol. The smallest absolute Gasteiger partial charge is 0.407 e. The van der Waals surface area contributed by atoms with Gasteiger partial charge in [0, 0.05) is 42.4 Å². The molecule has 0 saturated heterocycles. The number of carbonyl (C=O) groups is 1. The van der Waals surface area contributed by atoms with Crippen molar-refractivity contribution in [2.45, 2.75) is 62.6 Å². The number of rotatable bonds is 8. The molecule has 3 N–H and O–H groups in total. The van der Waals surface area contributed by atoms with Gasteiger partial charge >= 0.3 is 12.3 Å². The predicted octanol–water partition coefficient (Wildman–Crippen LogP) is 3.44. The number of aromatic amines is 1. The minimum absolute atomic E-state index is 0.0264. The number of nitrogens with one attached hydrogen (secondary N) is 3. The molecule has 11 nitrogen and oxygen atoms in total. The van der Waals surface area contributed by atoms with Gasteiger partial charge in [-0.2, -0.15) is 23.4 Å². The fraction of sp³-hybridized carbons (Fsp3) is 0.524. The molecule has 1 fully saturated rings. The Hall–Kier alpha value is -3.36. The third-order valence-electron chi connectivity index (χ3n) is 5.69. The summed E-state index contributed by atoms with van der Waals surface area (Å²) in [6.45, 7) is 1.28. The molecule has 0 bridgehead atoms. The SMILES string of the molecule is CC(CC(F)(F)F)NC(=O)OC1CCC(c2cc(Nc3nccn4nc(CS(C)(=O)=O)cc34)n[nH]2)C1. The number of alkyl halides is 3. The number of ether oxygens (including phenoxy) is 1. The van der Waals surface area contributed by atoms with E-state index >= 15 is 0 Å². The highest BCUT2D eigenvalue weighted by molar-refractivity contribution is 7.89. The molecule has 0 aromatic carbocycles. The normalized spacial score (nSPS) is 19.4. The first-order valence-electron chi connectivity index (χ1n) is 11.2. The molecule has 196 valence electrons. The van der Waals surface area contributed by atoms with Crippen LogP contribution in [0.15, 0.2) is 24.5 Å². The zero-order valence-electron chi connectivity index (χ0n) is 19.5. The Morgan fingerprint density at radius 2 is 2.11 bits per heavy atom. The molecule has 1 amide bonds. The van der Waals surface area contributed by atoms with Gasteiger partial charge in [-0.3, -0.25) is 5.10 Å². The van der Waals surface area contributed by atoms with Crippen LogP contribution in [0.2, 0.25) is 0 Å². The van der Waals surface area contributed by atoms with Crippen molar-refractivity contribution in [1.29, 1.82) is 0 Å². The second-order valence-electron chi connectivity index (χ2n) is 9.05. The molecule has 0 radical (unpaired) electrons. The van der Waals surface area contributed by atoms with E-state index in [2.05, 4.69) is 30.9 Å². The quantitative estimate of drug-likeness (QED) is 0.403. The van der Waals surface area contributed by atoms with E-state index in [9.17, 15) is 26.4 Å². The van der Waals surface area contributed by atoms with Crippen LogP contribution in [0.1, 0.15) is 49.9 Å². The lowest BCUT2D eigenvalue weighted by atomic mass is 10.0. The monoisotopic (exact) mass is 529 g/mol. The molecule has 3 aromatic rings. The Kier molecular flexibility index (Phi) is 7.11. The maximum Gasteiger partial charge on any atom is 0.407 e. The van der Waals surface area contributed by atoms with Crippen LogP contribution in [0.5, 0.6) is 0 Å². The van der Waals surface area contributed by atoms with Crippen LogP contribution >= 0.6 is 0 Å². The number of hydrogen-bond acceptors (Lipinski definition) is 8. The zero-order chi connectivity index (χ0) is 26.1. The summed E-state index contributed by atoms with van der Waals surface area (Å²) in [6, 6.07) is 2.37. The van der Waals surface area contributed by atoms with Crippen molar-refractivity contribution in [3.05, 3.63) is 35.9 Å². The van der Waals surface area contributed by atoms with Gasteiger partial charge in [0.1, 0.15) is 11.6 Å². The topological polar surface area (TPSA) is 143 Å². The third kappa shape index (κ3) is 6.86. The number of carbonyl (C=O) groups excluding carboxylic acids is 1. The maximum absolute atomic E-state index is 12.4. The Bertz CT molecular complexity index is 1340. The molecule has 3 unspecified atom stereocenters. The molecule has 36 heavy (non-hydrogen) atoms. The summed E-state index contributed by atoms with van der Waals surface area (Å²) < 4.78 is 67.3. The lowest BCUT2D eigenvalue weighted by molar-refractivity contribution is -0.138. The average Bonchev–Trinajstić information content (AvgIpc) is 3.44. The van der Waals surface area contributed by atoms with E-state index in [1.54, 1.807) is 18.3 Å². The third-order valence-corrected chi connectivity index (χ3v) is 6.51. The van der Waals surface area contributed by atoms with E-state index < -0.39 is 40.7 Å². The number of fused-ring (bicyclic) bond motifs is 1. The molecule has 1 saturated carbocycles. The van der Waals surface area contributed by atoms with Crippen molar-refractivity contribution in [2.75, 3.05) is 11.6 Å². The second-order valence-corrected chi connectivity index (χ2v) is 11.2. The first kappa shape index (κ1) is 25.7. The number of H-pyrrole nitrogens is 1. The first-order valence-corrected chi connectivity index (χ1v) is 13.3. The van der Waals surface area contributed by atoms with Gasteiger partial charge in [-0.15, -0.1) is 0 Å². The summed E-state index contributed by atoms with van der Waals surface area (Å²) in [4.78, 5) is 16.3. The molecule has 4 rings (SSSR count). The Balaban J connectivity index is 1.35. The van der Waals surface area contributed by atoms with Crippen LogP contribution in [0, 0.1) is 0 Å². The number of hydrogen-bond donors (Lipinski definition) is 3. The van der Waals surface area contributed by atoms with Crippen LogP contribution in [-0.4, -0.2) is 63.9 Å².